The van der Waals surface area contributed by atoms with Crippen LogP contribution in [0.25, 0.3) is 0 Å². The van der Waals surface area contributed by atoms with Crippen LogP contribution in [0.3, 0.4) is 0 Å². The summed E-state index contributed by atoms with van der Waals surface area (Å²) in [7, 11) is 0. The number of rotatable bonds is 2. The Bertz CT molecular complexity index is 312. The Labute approximate surface area is 95.2 Å². The lowest BCUT2D eigenvalue weighted by Gasteiger charge is -2.30. The first-order valence-corrected chi connectivity index (χ1v) is 5.70. The Kier molecular flexibility index (Phi) is 3.57. The zero-order chi connectivity index (χ0) is 10.7. The number of piperidine rings is 1. The van der Waals surface area contributed by atoms with Gasteiger partial charge in [-0.15, -0.1) is 0 Å². The van der Waals surface area contributed by atoms with Crippen molar-refractivity contribution in [3.8, 4) is 0 Å². The minimum Gasteiger partial charge on any atom is -0.327 e. The zero-order valence-corrected chi connectivity index (χ0v) is 9.45. The lowest BCUT2D eigenvalue weighted by Crippen LogP contribution is -2.42. The van der Waals surface area contributed by atoms with Crippen molar-refractivity contribution < 1.29 is 0 Å². The molecule has 1 saturated heterocycles. The molecule has 1 aliphatic rings. The molecule has 0 amide bonds. The smallest absolute Gasteiger partial charge is 0.129 e. The highest BCUT2D eigenvalue weighted by molar-refractivity contribution is 6.29. The van der Waals surface area contributed by atoms with E-state index in [4.69, 9.17) is 17.3 Å². The van der Waals surface area contributed by atoms with Gasteiger partial charge in [-0.05, 0) is 31.0 Å². The third kappa shape index (κ3) is 3.16. The molecule has 1 fully saturated rings. The van der Waals surface area contributed by atoms with Crippen molar-refractivity contribution in [3.05, 3.63) is 29.0 Å². The van der Waals surface area contributed by atoms with E-state index in [1.807, 2.05) is 18.3 Å². The first-order valence-electron chi connectivity index (χ1n) is 5.32. The predicted octanol–water partition coefficient (Wildman–Crippen LogP) is 1.66. The Morgan fingerprint density at radius 3 is 3.07 bits per heavy atom. The molecule has 1 aromatic heterocycles. The van der Waals surface area contributed by atoms with Gasteiger partial charge in [-0.1, -0.05) is 17.7 Å². The van der Waals surface area contributed by atoms with E-state index in [1.165, 1.54) is 12.0 Å². The van der Waals surface area contributed by atoms with Crippen LogP contribution in [0, 0.1) is 0 Å². The van der Waals surface area contributed by atoms with Gasteiger partial charge in [0.25, 0.3) is 0 Å². The van der Waals surface area contributed by atoms with Gasteiger partial charge in [-0.3, -0.25) is 4.90 Å². The molecule has 0 aliphatic carbocycles. The van der Waals surface area contributed by atoms with Crippen LogP contribution in [0.5, 0.6) is 0 Å². The van der Waals surface area contributed by atoms with Gasteiger partial charge in [0, 0.05) is 25.3 Å². The molecule has 82 valence electrons. The van der Waals surface area contributed by atoms with Crippen molar-refractivity contribution in [2.45, 2.75) is 25.4 Å². The third-order valence-electron chi connectivity index (χ3n) is 2.74. The molecule has 1 aromatic rings. The molecule has 0 bridgehead atoms. The Hall–Kier alpha value is -0.640. The lowest BCUT2D eigenvalue weighted by atomic mass is 10.1. The lowest BCUT2D eigenvalue weighted by molar-refractivity contribution is 0.201. The summed E-state index contributed by atoms with van der Waals surface area (Å²) in [6.45, 7) is 3.05. The Morgan fingerprint density at radius 1 is 1.53 bits per heavy atom. The van der Waals surface area contributed by atoms with E-state index in [-0.39, 0.29) is 0 Å². The second kappa shape index (κ2) is 4.92. The van der Waals surface area contributed by atoms with Gasteiger partial charge >= 0.3 is 0 Å². The Balaban J connectivity index is 1.93. The number of pyridine rings is 1. The molecule has 0 unspecified atom stereocenters. The molecule has 0 saturated carbocycles. The molecule has 2 rings (SSSR count). The fourth-order valence-electron chi connectivity index (χ4n) is 1.99. The predicted molar refractivity (Wildman–Crippen MR) is 61.7 cm³/mol. The van der Waals surface area contributed by atoms with Gasteiger partial charge in [-0.2, -0.15) is 0 Å². The molecule has 2 N–H and O–H groups in total. The van der Waals surface area contributed by atoms with Crippen LogP contribution in [0.15, 0.2) is 18.3 Å². The van der Waals surface area contributed by atoms with E-state index in [0.717, 1.165) is 26.1 Å². The summed E-state index contributed by atoms with van der Waals surface area (Å²) < 4.78 is 0. The van der Waals surface area contributed by atoms with Crippen LogP contribution in [-0.2, 0) is 6.54 Å². The number of hydrogen-bond donors (Lipinski definition) is 1. The van der Waals surface area contributed by atoms with Crippen LogP contribution in [0.4, 0.5) is 0 Å². The maximum Gasteiger partial charge on any atom is 0.129 e. The number of nitrogens with two attached hydrogens (primary N) is 1. The Morgan fingerprint density at radius 2 is 2.40 bits per heavy atom. The monoisotopic (exact) mass is 225 g/mol. The summed E-state index contributed by atoms with van der Waals surface area (Å²) in [4.78, 5) is 6.45. The average molecular weight is 226 g/mol. The molecule has 3 nitrogen and oxygen atoms in total. The molecule has 4 heteroatoms. The SMILES string of the molecule is N[C@H]1CCCN(Cc2ccc(Cl)nc2)C1. The van der Waals surface area contributed by atoms with Gasteiger partial charge in [0.15, 0.2) is 0 Å². The third-order valence-corrected chi connectivity index (χ3v) is 2.96. The first kappa shape index (κ1) is 10.9. The van der Waals surface area contributed by atoms with Gasteiger partial charge in [0.2, 0.25) is 0 Å². The maximum absolute atomic E-state index is 5.92. The van der Waals surface area contributed by atoms with Crippen LogP contribution in [-0.4, -0.2) is 29.0 Å². The minimum absolute atomic E-state index is 0.332. The maximum atomic E-state index is 5.92. The first-order chi connectivity index (χ1) is 7.24. The molecule has 1 aliphatic heterocycles. The quantitative estimate of drug-likeness (QED) is 0.779. The van der Waals surface area contributed by atoms with E-state index in [2.05, 4.69) is 9.88 Å². The number of hydrogen-bond acceptors (Lipinski definition) is 3. The van der Waals surface area contributed by atoms with Crippen molar-refractivity contribution in [1.82, 2.24) is 9.88 Å². The second-order valence-electron chi connectivity index (χ2n) is 4.13. The normalized spacial score (nSPS) is 22.9. The summed E-state index contributed by atoms with van der Waals surface area (Å²) in [5.41, 5.74) is 7.13. The van der Waals surface area contributed by atoms with Crippen molar-refractivity contribution in [2.24, 2.45) is 5.73 Å². The molecule has 1 atom stereocenters. The topological polar surface area (TPSA) is 42.1 Å². The van der Waals surface area contributed by atoms with Crippen LogP contribution >= 0.6 is 11.6 Å². The molecule has 0 radical (unpaired) electrons. The zero-order valence-electron chi connectivity index (χ0n) is 8.69. The van der Waals surface area contributed by atoms with E-state index in [9.17, 15) is 0 Å². The second-order valence-corrected chi connectivity index (χ2v) is 4.51. The summed E-state index contributed by atoms with van der Waals surface area (Å²) >= 11 is 5.73. The van der Waals surface area contributed by atoms with Crippen molar-refractivity contribution in [1.29, 1.82) is 0 Å². The molecular formula is C11H16ClN3. The molecule has 0 aromatic carbocycles. The molecular weight excluding hydrogens is 210 g/mol. The van der Waals surface area contributed by atoms with E-state index in [1.54, 1.807) is 0 Å². The van der Waals surface area contributed by atoms with Crippen molar-refractivity contribution in [2.75, 3.05) is 13.1 Å². The van der Waals surface area contributed by atoms with E-state index in [0.29, 0.717) is 11.2 Å². The summed E-state index contributed by atoms with van der Waals surface area (Å²) in [6, 6.07) is 4.19. The molecule has 0 spiro atoms. The van der Waals surface area contributed by atoms with Gasteiger partial charge in [-0.25, -0.2) is 4.98 Å². The average Bonchev–Trinajstić information content (AvgIpc) is 2.22. The number of aromatic nitrogens is 1. The fraction of sp³-hybridized carbons (Fsp3) is 0.545. The number of nitrogens with zero attached hydrogens (tertiary/aromatic N) is 2. The highest BCUT2D eigenvalue weighted by atomic mass is 35.5. The highest BCUT2D eigenvalue weighted by Gasteiger charge is 2.16. The van der Waals surface area contributed by atoms with Crippen LogP contribution in [0.2, 0.25) is 5.15 Å². The van der Waals surface area contributed by atoms with Crippen molar-refractivity contribution in [3.63, 3.8) is 0 Å². The molecule has 15 heavy (non-hydrogen) atoms. The minimum atomic E-state index is 0.332. The standard InChI is InChI=1S/C11H16ClN3/c12-11-4-3-9(6-14-11)7-15-5-1-2-10(13)8-15/h3-4,6,10H,1-2,5,7-8,13H2/t10-/m0/s1. The van der Waals surface area contributed by atoms with Crippen molar-refractivity contribution >= 4 is 11.6 Å². The number of likely N-dealkylation sites (tertiary alicyclic amines) is 1. The van der Waals surface area contributed by atoms with Gasteiger partial charge in [0.1, 0.15) is 5.15 Å². The number of halogens is 1. The van der Waals surface area contributed by atoms with Gasteiger partial charge in [0.05, 0.1) is 0 Å². The summed E-state index contributed by atoms with van der Waals surface area (Å²) in [5, 5.41) is 0.550. The van der Waals surface area contributed by atoms with E-state index >= 15 is 0 Å². The van der Waals surface area contributed by atoms with Crippen LogP contribution < -0.4 is 5.73 Å². The largest absolute Gasteiger partial charge is 0.327 e. The van der Waals surface area contributed by atoms with Gasteiger partial charge < -0.3 is 5.73 Å². The highest BCUT2D eigenvalue weighted by Crippen LogP contribution is 2.13. The summed E-state index contributed by atoms with van der Waals surface area (Å²) in [5.74, 6) is 0. The van der Waals surface area contributed by atoms with Crippen LogP contribution in [0.1, 0.15) is 18.4 Å². The summed E-state index contributed by atoms with van der Waals surface area (Å²) in [6.07, 6.45) is 4.18. The molecule has 2 heterocycles. The van der Waals surface area contributed by atoms with E-state index < -0.39 is 0 Å². The fourth-order valence-corrected chi connectivity index (χ4v) is 2.10.